The van der Waals surface area contributed by atoms with E-state index in [0.717, 1.165) is 27.2 Å². The molecule has 0 unspecified atom stereocenters. The van der Waals surface area contributed by atoms with E-state index in [-0.39, 0.29) is 0 Å². The zero-order chi connectivity index (χ0) is 19.8. The normalized spacial score (nSPS) is 11.6. The third-order valence-corrected chi connectivity index (χ3v) is 4.53. The average molecular weight is 386 g/mol. The molecule has 1 heterocycles. The Bertz CT molecular complexity index is 971. The maximum atomic E-state index is 12.5. The minimum absolute atomic E-state index is 0.583. The van der Waals surface area contributed by atoms with Crippen LogP contribution in [0.5, 0.6) is 0 Å². The van der Waals surface area contributed by atoms with Crippen LogP contribution in [0.1, 0.15) is 32.0 Å². The summed E-state index contributed by atoms with van der Waals surface area (Å²) < 4.78 is 7.57. The number of hydrazine groups is 1. The van der Waals surface area contributed by atoms with E-state index in [1.54, 1.807) is 0 Å². The number of carbonyl (C=O) groups is 1. The predicted octanol–water partition coefficient (Wildman–Crippen LogP) is 5.27. The largest absolute Gasteiger partial charge is 0.442 e. The number of fused-ring (bicyclic) bond motifs is 1. The van der Waals surface area contributed by atoms with E-state index in [0.29, 0.717) is 17.3 Å². The first-order chi connectivity index (χ1) is 12.7. The van der Waals surface area contributed by atoms with Gasteiger partial charge in [0.15, 0.2) is 0 Å². The highest BCUT2D eigenvalue weighted by molar-refractivity contribution is 6.30. The molecular weight excluding hydrogens is 362 g/mol. The lowest BCUT2D eigenvalue weighted by molar-refractivity contribution is 0.0580. The number of hydrogen-bond acceptors (Lipinski definition) is 3. The van der Waals surface area contributed by atoms with Crippen LogP contribution in [0.3, 0.4) is 0 Å². The number of amides is 1. The van der Waals surface area contributed by atoms with Crippen molar-refractivity contribution in [1.29, 1.82) is 0 Å². The molecule has 1 amide bonds. The second-order valence-corrected chi connectivity index (χ2v) is 7.95. The number of rotatable bonds is 3. The van der Waals surface area contributed by atoms with E-state index >= 15 is 0 Å². The van der Waals surface area contributed by atoms with Crippen LogP contribution in [-0.2, 0) is 11.3 Å². The lowest BCUT2D eigenvalue weighted by Crippen LogP contribution is -2.42. The van der Waals surface area contributed by atoms with Gasteiger partial charge in [0.1, 0.15) is 5.60 Å². The summed E-state index contributed by atoms with van der Waals surface area (Å²) in [5.74, 6) is 6.17. The van der Waals surface area contributed by atoms with Crippen LogP contribution in [0.2, 0.25) is 5.02 Å². The van der Waals surface area contributed by atoms with Crippen molar-refractivity contribution in [3.8, 4) is 0 Å². The van der Waals surface area contributed by atoms with Crippen LogP contribution in [-0.4, -0.2) is 16.3 Å². The maximum absolute atomic E-state index is 12.5. The fourth-order valence-corrected chi connectivity index (χ4v) is 3.22. The highest BCUT2D eigenvalue weighted by atomic mass is 35.5. The van der Waals surface area contributed by atoms with Gasteiger partial charge in [0.2, 0.25) is 0 Å². The summed E-state index contributed by atoms with van der Waals surface area (Å²) in [5.41, 5.74) is 3.02. The van der Waals surface area contributed by atoms with Crippen molar-refractivity contribution in [1.82, 2.24) is 4.57 Å². The number of anilines is 1. The minimum Gasteiger partial charge on any atom is -0.442 e. The number of halogens is 1. The molecule has 6 heteroatoms. The van der Waals surface area contributed by atoms with Crippen molar-refractivity contribution < 1.29 is 9.53 Å². The third-order valence-electron chi connectivity index (χ3n) is 4.28. The number of aromatic nitrogens is 1. The number of benzene rings is 2. The number of hydrogen-bond donors (Lipinski definition) is 1. The molecule has 0 aliphatic heterocycles. The maximum Gasteiger partial charge on any atom is 0.429 e. The van der Waals surface area contributed by atoms with Gasteiger partial charge in [-0.15, -0.1) is 0 Å². The van der Waals surface area contributed by atoms with Gasteiger partial charge in [0.25, 0.3) is 0 Å². The lowest BCUT2D eigenvalue weighted by Gasteiger charge is -2.24. The zero-order valence-corrected chi connectivity index (χ0v) is 16.7. The number of ether oxygens (including phenoxy) is 1. The third kappa shape index (κ3) is 4.10. The summed E-state index contributed by atoms with van der Waals surface area (Å²) in [6.45, 7) is 8.04. The summed E-state index contributed by atoms with van der Waals surface area (Å²) in [7, 11) is 0. The van der Waals surface area contributed by atoms with Gasteiger partial charge < -0.3 is 9.30 Å². The summed E-state index contributed by atoms with van der Waals surface area (Å²) in [5, 5.41) is 2.70. The molecule has 0 saturated carbocycles. The van der Waals surface area contributed by atoms with Crippen molar-refractivity contribution in [2.24, 2.45) is 5.84 Å². The van der Waals surface area contributed by atoms with E-state index < -0.39 is 11.7 Å². The van der Waals surface area contributed by atoms with Gasteiger partial charge in [-0.25, -0.2) is 15.6 Å². The smallest absolute Gasteiger partial charge is 0.429 e. The molecule has 1 aromatic heterocycles. The fraction of sp³-hybridized carbons (Fsp3) is 0.286. The molecule has 0 atom stereocenters. The van der Waals surface area contributed by atoms with E-state index in [9.17, 15) is 4.79 Å². The lowest BCUT2D eigenvalue weighted by atomic mass is 10.2. The van der Waals surface area contributed by atoms with E-state index in [4.69, 9.17) is 22.2 Å². The Hall–Kier alpha value is -2.50. The first kappa shape index (κ1) is 19.3. The van der Waals surface area contributed by atoms with Crippen molar-refractivity contribution >= 4 is 34.3 Å². The summed E-state index contributed by atoms with van der Waals surface area (Å²) >= 11 is 5.99. The van der Waals surface area contributed by atoms with Gasteiger partial charge in [-0.1, -0.05) is 41.9 Å². The molecule has 0 aliphatic rings. The number of para-hydroxylation sites is 1. The molecule has 2 aromatic carbocycles. The topological polar surface area (TPSA) is 60.5 Å². The second kappa shape index (κ2) is 7.25. The summed E-state index contributed by atoms with van der Waals surface area (Å²) in [6.07, 6.45) is -0.583. The number of nitrogens with zero attached hydrogens (tertiary/aromatic N) is 2. The van der Waals surface area contributed by atoms with Crippen molar-refractivity contribution in [3.05, 3.63) is 64.8 Å². The molecule has 0 fully saturated rings. The predicted molar refractivity (Wildman–Crippen MR) is 110 cm³/mol. The molecule has 0 spiro atoms. The van der Waals surface area contributed by atoms with Crippen LogP contribution >= 0.6 is 11.6 Å². The van der Waals surface area contributed by atoms with Gasteiger partial charge >= 0.3 is 6.09 Å². The Kier molecular flexibility index (Phi) is 5.18. The molecular formula is C21H24ClN3O2. The highest BCUT2D eigenvalue weighted by Crippen LogP contribution is 2.33. The molecule has 3 aromatic rings. The van der Waals surface area contributed by atoms with Gasteiger partial charge in [0.05, 0.1) is 11.2 Å². The minimum atomic E-state index is -0.621. The SMILES string of the molecule is Cc1c(N(N)C(=O)OC(C)(C)C)c2ccccc2n1Cc1ccc(Cl)cc1. The Morgan fingerprint density at radius 3 is 2.41 bits per heavy atom. The van der Waals surface area contributed by atoms with Crippen LogP contribution in [0.25, 0.3) is 10.9 Å². The van der Waals surface area contributed by atoms with Crippen LogP contribution in [0.15, 0.2) is 48.5 Å². The summed E-state index contributed by atoms with van der Waals surface area (Å²) in [6, 6.07) is 15.6. The number of carbonyl (C=O) groups excluding carboxylic acids is 1. The van der Waals surface area contributed by atoms with Gasteiger partial charge in [-0.05, 0) is 51.5 Å². The van der Waals surface area contributed by atoms with Crippen molar-refractivity contribution in [2.45, 2.75) is 39.8 Å². The monoisotopic (exact) mass is 385 g/mol. The first-order valence-corrected chi connectivity index (χ1v) is 9.15. The van der Waals surface area contributed by atoms with E-state index in [1.807, 2.05) is 76.2 Å². The quantitative estimate of drug-likeness (QED) is 0.379. The molecule has 0 saturated heterocycles. The van der Waals surface area contributed by atoms with Crippen molar-refractivity contribution in [2.75, 3.05) is 5.01 Å². The molecule has 2 N–H and O–H groups in total. The molecule has 142 valence electrons. The molecule has 5 nitrogen and oxygen atoms in total. The molecule has 0 aliphatic carbocycles. The Morgan fingerprint density at radius 1 is 1.15 bits per heavy atom. The fourth-order valence-electron chi connectivity index (χ4n) is 3.10. The Morgan fingerprint density at radius 2 is 1.78 bits per heavy atom. The average Bonchev–Trinajstić information content (AvgIpc) is 2.87. The van der Waals surface area contributed by atoms with Crippen LogP contribution < -0.4 is 10.9 Å². The van der Waals surface area contributed by atoms with Crippen molar-refractivity contribution in [3.63, 3.8) is 0 Å². The number of nitrogens with two attached hydrogens (primary N) is 1. The highest BCUT2D eigenvalue weighted by Gasteiger charge is 2.26. The van der Waals surface area contributed by atoms with Crippen LogP contribution in [0, 0.1) is 6.92 Å². The molecule has 0 bridgehead atoms. The van der Waals surface area contributed by atoms with Gasteiger partial charge in [0, 0.05) is 22.6 Å². The van der Waals surface area contributed by atoms with Gasteiger partial charge in [-0.2, -0.15) is 0 Å². The van der Waals surface area contributed by atoms with Crippen LogP contribution in [0.4, 0.5) is 10.5 Å². The second-order valence-electron chi connectivity index (χ2n) is 7.51. The van der Waals surface area contributed by atoms with E-state index in [2.05, 4.69) is 4.57 Å². The van der Waals surface area contributed by atoms with Gasteiger partial charge in [-0.3, -0.25) is 0 Å². The summed E-state index contributed by atoms with van der Waals surface area (Å²) in [4.78, 5) is 12.5. The molecule has 3 rings (SSSR count). The molecule has 0 radical (unpaired) electrons. The first-order valence-electron chi connectivity index (χ1n) is 8.77. The molecule has 27 heavy (non-hydrogen) atoms. The Balaban J connectivity index is 2.05. The standard InChI is InChI=1S/C21H24ClN3O2/c1-14-19(25(23)20(26)27-21(2,3)4)17-7-5-6-8-18(17)24(14)13-15-9-11-16(22)12-10-15/h5-12H,13,23H2,1-4H3. The Labute approximate surface area is 164 Å². The van der Waals surface area contributed by atoms with E-state index in [1.165, 1.54) is 0 Å². The zero-order valence-electron chi connectivity index (χ0n) is 16.0.